The summed E-state index contributed by atoms with van der Waals surface area (Å²) in [7, 11) is -3.44. The summed E-state index contributed by atoms with van der Waals surface area (Å²) in [4.78, 5) is 17.8. The Balaban J connectivity index is 2.65. The lowest BCUT2D eigenvalue weighted by atomic mass is 9.81. The average molecular weight is 495 g/mol. The first-order valence-electron chi connectivity index (χ1n) is 11.0. The van der Waals surface area contributed by atoms with E-state index in [0.29, 0.717) is 22.4 Å². The molecule has 1 heterocycles. The Bertz CT molecular complexity index is 1330. The molecule has 3 atom stereocenters. The van der Waals surface area contributed by atoms with Gasteiger partial charge in [-0.3, -0.25) is 14.3 Å². The maximum atomic E-state index is 13.9. The third kappa shape index (κ3) is 4.19. The van der Waals surface area contributed by atoms with E-state index in [1.165, 1.54) is 31.2 Å². The van der Waals surface area contributed by atoms with Crippen molar-refractivity contribution in [3.63, 3.8) is 0 Å². The van der Waals surface area contributed by atoms with E-state index in [9.17, 15) is 24.0 Å². The number of rotatable bonds is 8. The lowest BCUT2D eigenvalue weighted by Crippen LogP contribution is -2.46. The predicted molar refractivity (Wildman–Crippen MR) is 134 cm³/mol. The minimum atomic E-state index is -4.50. The van der Waals surface area contributed by atoms with Crippen molar-refractivity contribution in [1.29, 1.82) is 0 Å². The summed E-state index contributed by atoms with van der Waals surface area (Å²) in [6.07, 6.45) is 4.10. The molecular weight excluding hydrogens is 468 g/mol. The third-order valence-corrected chi connectivity index (χ3v) is 8.81. The highest BCUT2D eigenvalue weighted by Crippen LogP contribution is 2.66. The van der Waals surface area contributed by atoms with Gasteiger partial charge in [-0.15, -0.1) is 6.42 Å². The van der Waals surface area contributed by atoms with Gasteiger partial charge in [0.15, 0.2) is 0 Å². The van der Waals surface area contributed by atoms with Crippen LogP contribution in [0.15, 0.2) is 54.6 Å². The predicted octanol–water partition coefficient (Wildman–Crippen LogP) is 5.60. The summed E-state index contributed by atoms with van der Waals surface area (Å²) >= 11 is 0. The molecule has 0 amide bonds. The van der Waals surface area contributed by atoms with Crippen LogP contribution in [0.4, 0.5) is 4.39 Å². The Kier molecular flexibility index (Phi) is 7.62. The maximum absolute atomic E-state index is 13.9. The summed E-state index contributed by atoms with van der Waals surface area (Å²) in [6, 6.07) is 14.8. The van der Waals surface area contributed by atoms with Gasteiger partial charge in [0.25, 0.3) is 7.37 Å². The molecule has 8 heteroatoms. The smallest absolute Gasteiger partial charge is 0.327 e. The normalized spacial score (nSPS) is 15.5. The second-order valence-electron chi connectivity index (χ2n) is 8.12. The average Bonchev–Trinajstić information content (AvgIpc) is 2.85. The van der Waals surface area contributed by atoms with Gasteiger partial charge in [-0.2, -0.15) is 0 Å². The number of aromatic nitrogens is 1. The van der Waals surface area contributed by atoms with Crippen LogP contribution >= 0.6 is 7.37 Å². The molecule has 0 aliphatic carbocycles. The largest absolute Gasteiger partial charge is 0.480 e. The molecule has 0 aliphatic heterocycles. The van der Waals surface area contributed by atoms with E-state index < -0.39 is 30.4 Å². The van der Waals surface area contributed by atoms with Crippen molar-refractivity contribution in [1.82, 2.24) is 4.98 Å². The van der Waals surface area contributed by atoms with Crippen LogP contribution in [-0.4, -0.2) is 34.4 Å². The van der Waals surface area contributed by atoms with Crippen LogP contribution in [-0.2, 0) is 25.5 Å². The molecule has 0 spiro atoms. The zero-order valence-electron chi connectivity index (χ0n) is 19.9. The van der Waals surface area contributed by atoms with E-state index in [1.807, 2.05) is 36.0 Å². The second-order valence-corrected chi connectivity index (χ2v) is 10.6. The number of aliphatic hydroxyl groups excluding tert-OH is 1. The number of aryl methyl sites for hydroxylation is 1. The number of carboxylic acid groups (broad SMARTS) is 1. The van der Waals surface area contributed by atoms with Crippen LogP contribution in [0.5, 0.6) is 0 Å². The molecule has 0 fully saturated rings. The standard InChI is InChI=1S/C27H27FNO5P/c1-6-22-24(27(18(4)30,26(31)32)35(33,7-2)34-5)23(19-13-15-21(28)16-14-19)17(3)25(29-22)20-11-9-8-10-12-20/h2,8-16,18,30H,6H2,1,3-5H3,(H,31,32). The van der Waals surface area contributed by atoms with Crippen molar-refractivity contribution < 1.29 is 28.5 Å². The first-order chi connectivity index (χ1) is 16.6. The number of carbonyl (C=O) groups is 1. The van der Waals surface area contributed by atoms with Crippen molar-refractivity contribution in [2.24, 2.45) is 0 Å². The number of nitrogens with zero attached hydrogens (tertiary/aromatic N) is 1. The topological polar surface area (TPSA) is 96.7 Å². The summed E-state index contributed by atoms with van der Waals surface area (Å²) in [5, 5.41) is 19.0. The van der Waals surface area contributed by atoms with Crippen LogP contribution < -0.4 is 0 Å². The zero-order valence-corrected chi connectivity index (χ0v) is 20.8. The Labute approximate surface area is 204 Å². The molecule has 1 aromatic heterocycles. The van der Waals surface area contributed by atoms with Gasteiger partial charge >= 0.3 is 5.97 Å². The highest BCUT2D eigenvalue weighted by Gasteiger charge is 2.62. The van der Waals surface area contributed by atoms with E-state index >= 15 is 0 Å². The summed E-state index contributed by atoms with van der Waals surface area (Å²) < 4.78 is 33.0. The quantitative estimate of drug-likeness (QED) is 0.312. The fourth-order valence-electron chi connectivity index (χ4n) is 4.56. The molecule has 3 rings (SSSR count). The summed E-state index contributed by atoms with van der Waals surface area (Å²) in [5.41, 5.74) is 5.03. The molecule has 0 bridgehead atoms. The number of benzene rings is 2. The van der Waals surface area contributed by atoms with Crippen molar-refractivity contribution in [2.45, 2.75) is 38.5 Å². The van der Waals surface area contributed by atoms with E-state index in [2.05, 4.69) is 0 Å². The van der Waals surface area contributed by atoms with Crippen LogP contribution in [0.1, 0.15) is 30.7 Å². The SMILES string of the molecule is C#CP(=O)(OC)C(C(=O)O)(c1c(CC)nc(-c2ccccc2)c(C)c1-c1ccc(F)cc1)C(C)O. The highest BCUT2D eigenvalue weighted by atomic mass is 31.2. The van der Waals surface area contributed by atoms with Gasteiger partial charge in [-0.25, -0.2) is 4.39 Å². The molecule has 2 aromatic carbocycles. The van der Waals surface area contributed by atoms with Crippen molar-refractivity contribution in [3.8, 4) is 34.5 Å². The number of carboxylic acids is 1. The molecule has 35 heavy (non-hydrogen) atoms. The molecule has 0 saturated carbocycles. The molecule has 0 radical (unpaired) electrons. The summed E-state index contributed by atoms with van der Waals surface area (Å²) in [6.45, 7) is 4.73. The number of halogens is 1. The zero-order chi connectivity index (χ0) is 26.0. The first kappa shape index (κ1) is 26.3. The molecule has 0 aliphatic rings. The number of hydrogen-bond acceptors (Lipinski definition) is 5. The minimum Gasteiger partial charge on any atom is -0.480 e. The second kappa shape index (κ2) is 10.1. The molecule has 6 nitrogen and oxygen atoms in total. The van der Waals surface area contributed by atoms with Gasteiger partial charge in [-0.1, -0.05) is 49.4 Å². The minimum absolute atomic E-state index is 0.00516. The van der Waals surface area contributed by atoms with E-state index in [0.717, 1.165) is 12.7 Å². The number of hydrogen-bond donors (Lipinski definition) is 2. The number of aliphatic carboxylic acids is 1. The molecule has 3 unspecified atom stereocenters. The lowest BCUT2D eigenvalue weighted by Gasteiger charge is -2.38. The Morgan fingerprint density at radius 2 is 1.80 bits per heavy atom. The first-order valence-corrected chi connectivity index (χ1v) is 12.6. The van der Waals surface area contributed by atoms with Crippen molar-refractivity contribution in [2.75, 3.05) is 7.11 Å². The maximum Gasteiger partial charge on any atom is 0.327 e. The van der Waals surface area contributed by atoms with Gasteiger partial charge in [-0.05, 0) is 54.8 Å². The van der Waals surface area contributed by atoms with Gasteiger partial charge < -0.3 is 14.7 Å². The van der Waals surface area contributed by atoms with Gasteiger partial charge in [0, 0.05) is 23.9 Å². The molecule has 3 aromatic rings. The number of pyridine rings is 1. The van der Waals surface area contributed by atoms with Crippen molar-refractivity contribution in [3.05, 3.63) is 77.2 Å². The number of aliphatic hydroxyl groups is 1. The van der Waals surface area contributed by atoms with Crippen LogP contribution in [0.3, 0.4) is 0 Å². The van der Waals surface area contributed by atoms with E-state index in [4.69, 9.17) is 15.9 Å². The van der Waals surface area contributed by atoms with Gasteiger partial charge in [0.05, 0.1) is 11.8 Å². The fourth-order valence-corrected chi connectivity index (χ4v) is 6.43. The van der Waals surface area contributed by atoms with Gasteiger partial charge in [0.2, 0.25) is 5.16 Å². The third-order valence-electron chi connectivity index (χ3n) is 6.23. The fraction of sp³-hybridized carbons (Fsp3) is 0.259. The van der Waals surface area contributed by atoms with E-state index in [1.54, 1.807) is 13.8 Å². The Hall–Kier alpha value is -3.30. The van der Waals surface area contributed by atoms with Crippen molar-refractivity contribution >= 4 is 13.3 Å². The molecule has 2 N–H and O–H groups in total. The van der Waals surface area contributed by atoms with E-state index in [-0.39, 0.29) is 17.7 Å². The van der Waals surface area contributed by atoms with Crippen LogP contribution in [0.2, 0.25) is 0 Å². The van der Waals surface area contributed by atoms with Crippen LogP contribution in [0.25, 0.3) is 22.4 Å². The molecule has 0 saturated heterocycles. The number of terminal acetylenes is 1. The summed E-state index contributed by atoms with van der Waals surface area (Å²) in [5.74, 6) is -2.09. The molecular formula is C27H27FNO5P. The Morgan fingerprint density at radius 1 is 1.20 bits per heavy atom. The highest BCUT2D eigenvalue weighted by molar-refractivity contribution is 7.66. The van der Waals surface area contributed by atoms with Crippen LogP contribution in [0, 0.1) is 24.8 Å². The lowest BCUT2D eigenvalue weighted by molar-refractivity contribution is -0.144. The Morgan fingerprint density at radius 3 is 2.26 bits per heavy atom. The molecule has 182 valence electrons. The monoisotopic (exact) mass is 495 g/mol. The van der Waals surface area contributed by atoms with Gasteiger partial charge in [0.1, 0.15) is 5.82 Å².